The minimum atomic E-state index is -0.469. The van der Waals surface area contributed by atoms with Gasteiger partial charge in [0.15, 0.2) is 6.61 Å². The van der Waals surface area contributed by atoms with E-state index in [-0.39, 0.29) is 12.3 Å². The molecular weight excluding hydrogens is 458 g/mol. The molecule has 0 aliphatic heterocycles. The van der Waals surface area contributed by atoms with Gasteiger partial charge in [-0.1, -0.05) is 0 Å². The van der Waals surface area contributed by atoms with Crippen LogP contribution in [0.1, 0.15) is 5.76 Å². The first kappa shape index (κ1) is 21.1. The number of ether oxygens (including phenoxy) is 2. The van der Waals surface area contributed by atoms with Gasteiger partial charge in [0.1, 0.15) is 23.0 Å². The molecule has 154 valence electrons. The van der Waals surface area contributed by atoms with E-state index in [1.54, 1.807) is 49.6 Å². The number of methoxy groups -OCH3 is 1. The number of amides is 1. The van der Waals surface area contributed by atoms with Crippen molar-refractivity contribution in [2.75, 3.05) is 13.7 Å². The fraction of sp³-hybridized carbons (Fsp3) is 0.100. The Labute approximate surface area is 179 Å². The maximum atomic E-state index is 11.9. The quantitative estimate of drug-likeness (QED) is 0.298. The molecule has 1 amide bonds. The molecule has 1 heterocycles. The Kier molecular flexibility index (Phi) is 6.81. The van der Waals surface area contributed by atoms with Gasteiger partial charge in [0.05, 0.1) is 22.7 Å². The number of hydrazone groups is 1. The summed E-state index contributed by atoms with van der Waals surface area (Å²) >= 11 is 3.34. The number of furan rings is 1. The Hall–Kier alpha value is -3.66. The van der Waals surface area contributed by atoms with Gasteiger partial charge in [-0.25, -0.2) is 5.43 Å². The fourth-order valence-corrected chi connectivity index (χ4v) is 2.87. The molecule has 0 saturated carbocycles. The second-order valence-corrected chi connectivity index (χ2v) is 6.74. The molecule has 0 radical (unpaired) electrons. The number of rotatable bonds is 8. The van der Waals surface area contributed by atoms with E-state index < -0.39 is 10.8 Å². The van der Waals surface area contributed by atoms with Gasteiger partial charge in [0, 0.05) is 17.7 Å². The molecule has 3 rings (SSSR count). The Morgan fingerprint density at radius 2 is 2.00 bits per heavy atom. The van der Waals surface area contributed by atoms with E-state index >= 15 is 0 Å². The second kappa shape index (κ2) is 9.70. The molecule has 30 heavy (non-hydrogen) atoms. The second-order valence-electron chi connectivity index (χ2n) is 5.88. The van der Waals surface area contributed by atoms with Gasteiger partial charge in [0.25, 0.3) is 11.6 Å². The van der Waals surface area contributed by atoms with Crippen LogP contribution < -0.4 is 14.9 Å². The Morgan fingerprint density at radius 1 is 1.23 bits per heavy atom. The molecule has 10 heteroatoms. The van der Waals surface area contributed by atoms with Crippen molar-refractivity contribution in [3.8, 4) is 22.8 Å². The molecule has 0 spiro atoms. The molecular formula is C20H16BrN3O6. The van der Waals surface area contributed by atoms with Crippen molar-refractivity contribution < 1.29 is 23.6 Å². The lowest BCUT2D eigenvalue weighted by Gasteiger charge is -2.08. The van der Waals surface area contributed by atoms with Crippen molar-refractivity contribution in [3.05, 3.63) is 74.9 Å². The predicted molar refractivity (Wildman–Crippen MR) is 113 cm³/mol. The van der Waals surface area contributed by atoms with Crippen LogP contribution in [0.3, 0.4) is 0 Å². The van der Waals surface area contributed by atoms with Crippen molar-refractivity contribution in [3.63, 3.8) is 0 Å². The number of hydrogen-bond donors (Lipinski definition) is 1. The number of nitro groups is 1. The number of nitrogens with zero attached hydrogens (tertiary/aromatic N) is 2. The number of nitro benzene ring substituents is 1. The van der Waals surface area contributed by atoms with Crippen LogP contribution in [0, 0.1) is 10.1 Å². The molecule has 0 fully saturated rings. The number of halogens is 1. The van der Waals surface area contributed by atoms with Gasteiger partial charge in [-0.05, 0) is 58.4 Å². The van der Waals surface area contributed by atoms with E-state index in [1.807, 2.05) is 0 Å². The number of non-ortho nitro benzene ring substituents is 1. The standard InChI is InChI=1S/C20H16BrN3O6/c1-28-15-6-9-19(17(21)10-15)29-12-20(25)23-22-11-16-7-8-18(30-16)13-2-4-14(5-3-13)24(26)27/h2-11H,12H2,1H3,(H,23,25)/b22-11+. The molecule has 0 aliphatic carbocycles. The lowest BCUT2D eigenvalue weighted by molar-refractivity contribution is -0.384. The summed E-state index contributed by atoms with van der Waals surface area (Å²) < 4.78 is 16.8. The normalized spacial score (nSPS) is 10.7. The van der Waals surface area contributed by atoms with Gasteiger partial charge in [-0.3, -0.25) is 14.9 Å². The number of hydrogen-bond acceptors (Lipinski definition) is 7. The average molecular weight is 474 g/mol. The highest BCUT2D eigenvalue weighted by Crippen LogP contribution is 2.29. The van der Waals surface area contributed by atoms with Crippen LogP contribution in [0.15, 0.2) is 68.6 Å². The Balaban J connectivity index is 1.52. The highest BCUT2D eigenvalue weighted by Gasteiger charge is 2.09. The van der Waals surface area contributed by atoms with Crippen molar-refractivity contribution in [1.82, 2.24) is 5.43 Å². The largest absolute Gasteiger partial charge is 0.497 e. The average Bonchev–Trinajstić information content (AvgIpc) is 3.21. The molecule has 0 atom stereocenters. The van der Waals surface area contributed by atoms with Crippen molar-refractivity contribution >= 4 is 33.7 Å². The molecule has 1 N–H and O–H groups in total. The summed E-state index contributed by atoms with van der Waals surface area (Å²) in [5.41, 5.74) is 3.02. The third-order valence-corrected chi connectivity index (χ3v) is 4.49. The first-order chi connectivity index (χ1) is 14.5. The number of benzene rings is 2. The third-order valence-electron chi connectivity index (χ3n) is 3.87. The maximum Gasteiger partial charge on any atom is 0.277 e. The third kappa shape index (κ3) is 5.45. The fourth-order valence-electron chi connectivity index (χ4n) is 2.39. The van der Waals surface area contributed by atoms with Gasteiger partial charge in [0.2, 0.25) is 0 Å². The van der Waals surface area contributed by atoms with Crippen LogP contribution >= 0.6 is 15.9 Å². The minimum absolute atomic E-state index is 0.00121. The molecule has 0 unspecified atom stereocenters. The number of carbonyl (C=O) groups excluding carboxylic acids is 1. The smallest absolute Gasteiger partial charge is 0.277 e. The first-order valence-electron chi connectivity index (χ1n) is 8.59. The highest BCUT2D eigenvalue weighted by atomic mass is 79.9. The van der Waals surface area contributed by atoms with E-state index in [0.717, 1.165) is 0 Å². The molecule has 3 aromatic rings. The topological polar surface area (TPSA) is 116 Å². The SMILES string of the molecule is COc1ccc(OCC(=O)N/N=C/c2ccc(-c3ccc([N+](=O)[O-])cc3)o2)c(Br)c1. The summed E-state index contributed by atoms with van der Waals surface area (Å²) in [6, 6.07) is 14.5. The number of carbonyl (C=O) groups is 1. The van der Waals surface area contributed by atoms with E-state index in [0.29, 0.717) is 33.1 Å². The van der Waals surface area contributed by atoms with Crippen molar-refractivity contribution in [2.45, 2.75) is 0 Å². The first-order valence-corrected chi connectivity index (χ1v) is 9.38. The lowest BCUT2D eigenvalue weighted by Crippen LogP contribution is -2.24. The van der Waals surface area contributed by atoms with E-state index in [4.69, 9.17) is 13.9 Å². The minimum Gasteiger partial charge on any atom is -0.497 e. The van der Waals surface area contributed by atoms with Crippen molar-refractivity contribution in [2.24, 2.45) is 5.10 Å². The zero-order valence-electron chi connectivity index (χ0n) is 15.7. The summed E-state index contributed by atoms with van der Waals surface area (Å²) in [4.78, 5) is 22.1. The predicted octanol–water partition coefficient (Wildman–Crippen LogP) is 4.16. The molecule has 9 nitrogen and oxygen atoms in total. The molecule has 2 aromatic carbocycles. The highest BCUT2D eigenvalue weighted by molar-refractivity contribution is 9.10. The van der Waals surface area contributed by atoms with Gasteiger partial charge < -0.3 is 13.9 Å². The van der Waals surface area contributed by atoms with Gasteiger partial charge in [-0.15, -0.1) is 0 Å². The van der Waals surface area contributed by atoms with E-state index in [1.165, 1.54) is 18.3 Å². The molecule has 1 aromatic heterocycles. The summed E-state index contributed by atoms with van der Waals surface area (Å²) in [5.74, 6) is 1.63. The maximum absolute atomic E-state index is 11.9. The monoisotopic (exact) mass is 473 g/mol. The summed E-state index contributed by atoms with van der Waals surface area (Å²) in [7, 11) is 1.56. The van der Waals surface area contributed by atoms with E-state index in [2.05, 4.69) is 26.5 Å². The number of nitrogens with one attached hydrogen (secondary N) is 1. The van der Waals surface area contributed by atoms with E-state index in [9.17, 15) is 14.9 Å². The van der Waals surface area contributed by atoms with Crippen LogP contribution in [-0.2, 0) is 4.79 Å². The summed E-state index contributed by atoms with van der Waals surface area (Å²) in [5, 5.41) is 14.5. The molecule has 0 bridgehead atoms. The Morgan fingerprint density at radius 3 is 2.67 bits per heavy atom. The molecule has 0 saturated heterocycles. The van der Waals surface area contributed by atoms with Crippen LogP contribution in [0.2, 0.25) is 0 Å². The Bertz CT molecular complexity index is 1080. The zero-order chi connectivity index (χ0) is 21.5. The van der Waals surface area contributed by atoms with Crippen LogP contribution in [0.5, 0.6) is 11.5 Å². The summed E-state index contributed by atoms with van der Waals surface area (Å²) in [6.07, 6.45) is 1.34. The lowest BCUT2D eigenvalue weighted by atomic mass is 10.1. The van der Waals surface area contributed by atoms with Crippen LogP contribution in [-0.4, -0.2) is 30.8 Å². The zero-order valence-corrected chi connectivity index (χ0v) is 17.3. The summed E-state index contributed by atoms with van der Waals surface area (Å²) in [6.45, 7) is -0.228. The molecule has 0 aliphatic rings. The van der Waals surface area contributed by atoms with Gasteiger partial charge in [-0.2, -0.15) is 5.10 Å². The van der Waals surface area contributed by atoms with Crippen molar-refractivity contribution in [1.29, 1.82) is 0 Å². The van der Waals surface area contributed by atoms with Crippen LogP contribution in [0.25, 0.3) is 11.3 Å². The van der Waals surface area contributed by atoms with Crippen LogP contribution in [0.4, 0.5) is 5.69 Å². The van der Waals surface area contributed by atoms with Gasteiger partial charge >= 0.3 is 0 Å².